The van der Waals surface area contributed by atoms with Gasteiger partial charge in [-0.05, 0) is 62.3 Å². The summed E-state index contributed by atoms with van der Waals surface area (Å²) in [5, 5.41) is 13.4. The van der Waals surface area contributed by atoms with Crippen molar-refractivity contribution >= 4 is 21.7 Å². The Morgan fingerprint density at radius 1 is 1.18 bits per heavy atom. The van der Waals surface area contributed by atoms with Gasteiger partial charge in [0.25, 0.3) is 0 Å². The molecule has 2 heterocycles. The Kier molecular flexibility index (Phi) is 5.54. The molecule has 6 nitrogen and oxygen atoms in total. The summed E-state index contributed by atoms with van der Waals surface area (Å²) in [5.74, 6) is 1.50. The van der Waals surface area contributed by atoms with E-state index in [-0.39, 0.29) is 17.5 Å². The first-order valence-electron chi connectivity index (χ1n) is 9.22. The summed E-state index contributed by atoms with van der Waals surface area (Å²) in [6.07, 6.45) is 1.60. The number of carbonyl (C=O) groups is 1. The zero-order valence-corrected chi connectivity index (χ0v) is 16.8. The lowest BCUT2D eigenvalue weighted by Crippen LogP contribution is -2.36. The number of benzene rings is 2. The van der Waals surface area contributed by atoms with E-state index < -0.39 is 0 Å². The summed E-state index contributed by atoms with van der Waals surface area (Å²) in [4.78, 5) is 19.3. The highest BCUT2D eigenvalue weighted by Gasteiger charge is 2.26. The van der Waals surface area contributed by atoms with Gasteiger partial charge in [0.15, 0.2) is 5.78 Å². The van der Waals surface area contributed by atoms with Gasteiger partial charge in [0, 0.05) is 21.5 Å². The number of likely N-dealkylation sites (tertiary alicyclic amines) is 1. The van der Waals surface area contributed by atoms with Gasteiger partial charge in [0.2, 0.25) is 11.7 Å². The van der Waals surface area contributed by atoms with Crippen molar-refractivity contribution in [3.8, 4) is 17.1 Å². The van der Waals surface area contributed by atoms with Crippen molar-refractivity contribution in [2.24, 2.45) is 5.92 Å². The molecule has 1 fully saturated rings. The van der Waals surface area contributed by atoms with Crippen molar-refractivity contribution in [2.45, 2.75) is 19.4 Å². The average molecular weight is 442 g/mol. The highest BCUT2D eigenvalue weighted by molar-refractivity contribution is 9.10. The monoisotopic (exact) mass is 441 g/mol. The van der Waals surface area contributed by atoms with Gasteiger partial charge in [-0.2, -0.15) is 4.98 Å². The molecule has 1 N–H and O–H groups in total. The minimum Gasteiger partial charge on any atom is -0.508 e. The third-order valence-electron chi connectivity index (χ3n) is 5.02. The molecule has 4 rings (SSSR count). The number of Topliss-reactive ketones (excluding diaryl/α,β-unsaturated/α-hetero) is 1. The average Bonchev–Trinajstić information content (AvgIpc) is 3.17. The Hall–Kier alpha value is -2.51. The van der Waals surface area contributed by atoms with E-state index in [2.05, 4.69) is 31.0 Å². The van der Waals surface area contributed by atoms with Crippen LogP contribution in [0.5, 0.6) is 5.75 Å². The first-order valence-corrected chi connectivity index (χ1v) is 10.0. The quantitative estimate of drug-likeness (QED) is 0.594. The minimum absolute atomic E-state index is 0.0145. The maximum atomic E-state index is 12.6. The second-order valence-electron chi connectivity index (χ2n) is 6.98. The molecule has 0 aliphatic carbocycles. The van der Waals surface area contributed by atoms with E-state index in [1.807, 2.05) is 24.3 Å². The first kappa shape index (κ1) is 18.8. The maximum absolute atomic E-state index is 12.6. The molecule has 1 saturated heterocycles. The van der Waals surface area contributed by atoms with E-state index >= 15 is 0 Å². The molecular weight excluding hydrogens is 422 g/mol. The Bertz CT molecular complexity index is 963. The molecular formula is C21H20BrN3O3. The van der Waals surface area contributed by atoms with Crippen LogP contribution in [0, 0.1) is 5.92 Å². The van der Waals surface area contributed by atoms with Gasteiger partial charge in [-0.15, -0.1) is 0 Å². The van der Waals surface area contributed by atoms with Crippen LogP contribution in [0.2, 0.25) is 0 Å². The summed E-state index contributed by atoms with van der Waals surface area (Å²) < 4.78 is 6.38. The summed E-state index contributed by atoms with van der Waals surface area (Å²) in [6.45, 7) is 2.20. The van der Waals surface area contributed by atoms with Gasteiger partial charge in [-0.3, -0.25) is 9.69 Å². The lowest BCUT2D eigenvalue weighted by atomic mass is 9.89. The SMILES string of the molecule is O=C(c1ccc(O)cc1)C1CCN(Cc2nc(-c3cccc(Br)c3)no2)CC1. The topological polar surface area (TPSA) is 79.5 Å². The largest absolute Gasteiger partial charge is 0.508 e. The Balaban J connectivity index is 1.33. The number of carbonyl (C=O) groups excluding carboxylic acids is 1. The fraction of sp³-hybridized carbons (Fsp3) is 0.286. The fourth-order valence-electron chi connectivity index (χ4n) is 3.47. The number of aromatic hydroxyl groups is 1. The van der Waals surface area contributed by atoms with Crippen molar-refractivity contribution < 1.29 is 14.4 Å². The number of nitrogens with zero attached hydrogens (tertiary/aromatic N) is 3. The van der Waals surface area contributed by atoms with Crippen LogP contribution in [0.15, 0.2) is 57.5 Å². The highest BCUT2D eigenvalue weighted by Crippen LogP contribution is 2.25. The fourth-order valence-corrected chi connectivity index (χ4v) is 3.87. The second kappa shape index (κ2) is 8.24. The second-order valence-corrected chi connectivity index (χ2v) is 7.90. The highest BCUT2D eigenvalue weighted by atomic mass is 79.9. The number of hydrogen-bond acceptors (Lipinski definition) is 6. The molecule has 2 aromatic carbocycles. The Morgan fingerprint density at radius 3 is 2.64 bits per heavy atom. The van der Waals surface area contributed by atoms with Crippen molar-refractivity contribution in [1.82, 2.24) is 15.0 Å². The molecule has 0 saturated carbocycles. The lowest BCUT2D eigenvalue weighted by Gasteiger charge is -2.30. The Morgan fingerprint density at radius 2 is 1.93 bits per heavy atom. The standard InChI is InChI=1S/C21H20BrN3O3/c22-17-3-1-2-16(12-17)21-23-19(28-24-21)13-25-10-8-15(9-11-25)20(27)14-4-6-18(26)7-5-14/h1-7,12,15,26H,8-11,13H2. The van der Waals surface area contributed by atoms with Gasteiger partial charge < -0.3 is 9.63 Å². The molecule has 0 unspecified atom stereocenters. The Labute approximate surface area is 171 Å². The summed E-state index contributed by atoms with van der Waals surface area (Å²) in [5.41, 5.74) is 1.56. The number of phenols is 1. The van der Waals surface area contributed by atoms with Gasteiger partial charge in [-0.25, -0.2) is 0 Å². The predicted molar refractivity (Wildman–Crippen MR) is 108 cm³/mol. The third-order valence-corrected chi connectivity index (χ3v) is 5.51. The summed E-state index contributed by atoms with van der Waals surface area (Å²) in [7, 11) is 0. The number of piperidine rings is 1. The zero-order valence-electron chi connectivity index (χ0n) is 15.2. The molecule has 0 spiro atoms. The number of halogens is 1. The van der Waals surface area contributed by atoms with E-state index in [1.165, 1.54) is 0 Å². The van der Waals surface area contributed by atoms with Crippen molar-refractivity contribution in [1.29, 1.82) is 0 Å². The van der Waals surface area contributed by atoms with E-state index in [9.17, 15) is 9.90 Å². The molecule has 7 heteroatoms. The van der Waals surface area contributed by atoms with Crippen LogP contribution in [-0.2, 0) is 6.54 Å². The van der Waals surface area contributed by atoms with Crippen LogP contribution in [-0.4, -0.2) is 39.0 Å². The van der Waals surface area contributed by atoms with Crippen LogP contribution in [0.3, 0.4) is 0 Å². The van der Waals surface area contributed by atoms with Crippen molar-refractivity contribution in [3.63, 3.8) is 0 Å². The van der Waals surface area contributed by atoms with Crippen LogP contribution < -0.4 is 0 Å². The first-order chi connectivity index (χ1) is 13.6. The van der Waals surface area contributed by atoms with Crippen LogP contribution >= 0.6 is 15.9 Å². The number of ketones is 1. The number of rotatable bonds is 5. The third kappa shape index (κ3) is 4.31. The van der Waals surface area contributed by atoms with Crippen LogP contribution in [0.1, 0.15) is 29.1 Å². The summed E-state index contributed by atoms with van der Waals surface area (Å²) in [6, 6.07) is 14.3. The smallest absolute Gasteiger partial charge is 0.241 e. The summed E-state index contributed by atoms with van der Waals surface area (Å²) >= 11 is 3.45. The van der Waals surface area contributed by atoms with E-state index in [0.29, 0.717) is 23.8 Å². The molecule has 3 aromatic rings. The molecule has 0 amide bonds. The van der Waals surface area contributed by atoms with Crippen molar-refractivity contribution in [2.75, 3.05) is 13.1 Å². The maximum Gasteiger partial charge on any atom is 0.241 e. The normalized spacial score (nSPS) is 15.6. The molecule has 0 atom stereocenters. The number of phenolic OH excluding ortho intramolecular Hbond substituents is 1. The molecule has 0 bridgehead atoms. The van der Waals surface area contributed by atoms with E-state index in [0.717, 1.165) is 36.0 Å². The van der Waals surface area contributed by atoms with Gasteiger partial charge in [0.05, 0.1) is 6.54 Å². The predicted octanol–water partition coefficient (Wildman–Crippen LogP) is 4.30. The van der Waals surface area contributed by atoms with E-state index in [1.54, 1.807) is 24.3 Å². The zero-order chi connectivity index (χ0) is 19.5. The van der Waals surface area contributed by atoms with Gasteiger partial charge in [-0.1, -0.05) is 33.2 Å². The molecule has 144 valence electrons. The van der Waals surface area contributed by atoms with Gasteiger partial charge in [0.1, 0.15) is 5.75 Å². The molecule has 1 aliphatic heterocycles. The lowest BCUT2D eigenvalue weighted by molar-refractivity contribution is 0.0825. The minimum atomic E-state index is 0.0145. The van der Waals surface area contributed by atoms with Crippen molar-refractivity contribution in [3.05, 3.63) is 64.5 Å². The molecule has 1 aromatic heterocycles. The number of hydrogen-bond donors (Lipinski definition) is 1. The van der Waals surface area contributed by atoms with E-state index in [4.69, 9.17) is 4.52 Å². The van der Waals surface area contributed by atoms with Crippen LogP contribution in [0.25, 0.3) is 11.4 Å². The van der Waals surface area contributed by atoms with Crippen LogP contribution in [0.4, 0.5) is 0 Å². The molecule has 1 aliphatic rings. The number of aromatic nitrogens is 2. The van der Waals surface area contributed by atoms with Gasteiger partial charge >= 0.3 is 0 Å². The molecule has 0 radical (unpaired) electrons. The molecule has 28 heavy (non-hydrogen) atoms.